The first-order valence-electron chi connectivity index (χ1n) is 10.4. The Hall–Kier alpha value is -4.99. The summed E-state index contributed by atoms with van der Waals surface area (Å²) in [5.74, 6) is -2.62. The molecule has 35 heavy (non-hydrogen) atoms. The zero-order valence-corrected chi connectivity index (χ0v) is 18.7. The van der Waals surface area contributed by atoms with E-state index >= 15 is 0 Å². The second-order valence-corrected chi connectivity index (χ2v) is 7.68. The van der Waals surface area contributed by atoms with Gasteiger partial charge in [0.2, 0.25) is 5.88 Å². The van der Waals surface area contributed by atoms with Gasteiger partial charge < -0.3 is 15.3 Å². The summed E-state index contributed by atoms with van der Waals surface area (Å²) in [7, 11) is 0. The van der Waals surface area contributed by atoms with E-state index in [-0.39, 0.29) is 22.9 Å². The molecule has 0 unspecified atom stereocenters. The van der Waals surface area contributed by atoms with Crippen molar-refractivity contribution in [3.63, 3.8) is 0 Å². The molecule has 10 heteroatoms. The molecule has 0 atom stereocenters. The number of hydrogen-bond donors (Lipinski definition) is 3. The number of nitrogens with zero attached hydrogens (tertiary/aromatic N) is 4. The number of allylic oxidation sites excluding steroid dienone is 2. The summed E-state index contributed by atoms with van der Waals surface area (Å²) >= 11 is 0. The molecule has 1 aromatic heterocycles. The summed E-state index contributed by atoms with van der Waals surface area (Å²) in [5, 5.41) is 38.5. The summed E-state index contributed by atoms with van der Waals surface area (Å²) in [6, 6.07) is 11.7. The van der Waals surface area contributed by atoms with Gasteiger partial charge in [-0.2, -0.15) is 15.2 Å². The molecule has 2 heterocycles. The van der Waals surface area contributed by atoms with Crippen LogP contribution in [0.25, 0.3) is 11.8 Å². The fourth-order valence-electron chi connectivity index (χ4n) is 3.52. The zero-order chi connectivity index (χ0) is 25.3. The van der Waals surface area contributed by atoms with Gasteiger partial charge in [0.05, 0.1) is 45.0 Å². The number of hydrazone groups is 1. The lowest BCUT2D eigenvalue weighted by Crippen LogP contribution is -2.21. The van der Waals surface area contributed by atoms with Gasteiger partial charge in [0, 0.05) is 0 Å². The maximum absolute atomic E-state index is 12.9. The molecular weight excluding hydrogens is 452 g/mol. The van der Waals surface area contributed by atoms with Gasteiger partial charge in [-0.3, -0.25) is 4.79 Å². The van der Waals surface area contributed by atoms with Crippen molar-refractivity contribution in [2.75, 3.05) is 5.01 Å². The van der Waals surface area contributed by atoms with Crippen LogP contribution < -0.4 is 5.01 Å². The lowest BCUT2D eigenvalue weighted by atomic mass is 10.1. The molecule has 0 saturated carbocycles. The van der Waals surface area contributed by atoms with Gasteiger partial charge in [0.15, 0.2) is 0 Å². The Balaban J connectivity index is 1.55. The molecule has 3 N–H and O–H groups in total. The number of benzene rings is 2. The molecule has 176 valence electrons. The molecule has 0 radical (unpaired) electrons. The number of carbonyl (C=O) groups excluding carboxylic acids is 1. The predicted octanol–water partition coefficient (Wildman–Crippen LogP) is 3.65. The third-order valence-corrected chi connectivity index (χ3v) is 5.39. The monoisotopic (exact) mass is 472 g/mol. The topological polar surface area (TPSA) is 145 Å². The lowest BCUT2D eigenvalue weighted by molar-refractivity contribution is -0.114. The first-order valence-corrected chi connectivity index (χ1v) is 10.4. The SMILES string of the molecule is CC1=NN(c2ccc(C(=O)O)cc2)C(=O)/C1=C\C=Cc1c(C)nn(-c2ccc(C(=O)O)cc2)c1O. The zero-order valence-electron chi connectivity index (χ0n) is 18.7. The molecule has 0 aliphatic carbocycles. The number of aromatic carboxylic acids is 2. The van der Waals surface area contributed by atoms with Gasteiger partial charge in [-0.15, -0.1) is 0 Å². The van der Waals surface area contributed by atoms with Crippen molar-refractivity contribution in [2.24, 2.45) is 5.10 Å². The number of aromatic hydroxyl groups is 1. The van der Waals surface area contributed by atoms with Crippen LogP contribution >= 0.6 is 0 Å². The number of aryl methyl sites for hydroxylation is 1. The quantitative estimate of drug-likeness (QED) is 0.464. The van der Waals surface area contributed by atoms with Crippen LogP contribution in [0.1, 0.15) is 38.9 Å². The van der Waals surface area contributed by atoms with Crippen LogP contribution in [0.15, 0.2) is 71.4 Å². The highest BCUT2D eigenvalue weighted by molar-refractivity contribution is 6.29. The van der Waals surface area contributed by atoms with E-state index < -0.39 is 11.9 Å². The highest BCUT2D eigenvalue weighted by Crippen LogP contribution is 2.27. The number of carboxylic acids is 2. The van der Waals surface area contributed by atoms with Gasteiger partial charge in [0.25, 0.3) is 5.91 Å². The van der Waals surface area contributed by atoms with Gasteiger partial charge in [-0.1, -0.05) is 6.08 Å². The number of amides is 1. The Morgan fingerprint density at radius 3 is 1.97 bits per heavy atom. The minimum atomic E-state index is -1.06. The number of rotatable bonds is 6. The van der Waals surface area contributed by atoms with Crippen molar-refractivity contribution in [2.45, 2.75) is 13.8 Å². The van der Waals surface area contributed by atoms with Crippen LogP contribution in [0.4, 0.5) is 5.69 Å². The summed E-state index contributed by atoms with van der Waals surface area (Å²) in [4.78, 5) is 34.9. The third kappa shape index (κ3) is 4.44. The van der Waals surface area contributed by atoms with Crippen molar-refractivity contribution in [3.05, 3.63) is 88.6 Å². The van der Waals surface area contributed by atoms with Gasteiger partial charge >= 0.3 is 11.9 Å². The van der Waals surface area contributed by atoms with E-state index in [0.29, 0.717) is 33.9 Å². The molecule has 4 rings (SSSR count). The molecule has 1 aliphatic rings. The van der Waals surface area contributed by atoms with E-state index in [4.69, 9.17) is 10.2 Å². The number of carboxylic acid groups (broad SMARTS) is 2. The Kier molecular flexibility index (Phi) is 6.03. The first kappa shape index (κ1) is 23.2. The molecule has 0 saturated heterocycles. The van der Waals surface area contributed by atoms with Crippen molar-refractivity contribution >= 4 is 35.3 Å². The fourth-order valence-corrected chi connectivity index (χ4v) is 3.52. The Morgan fingerprint density at radius 2 is 1.43 bits per heavy atom. The summed E-state index contributed by atoms with van der Waals surface area (Å²) in [6.45, 7) is 3.40. The molecule has 1 aliphatic heterocycles. The Labute approximate surface area is 199 Å². The van der Waals surface area contributed by atoms with Gasteiger partial charge in [0.1, 0.15) is 0 Å². The second kappa shape index (κ2) is 9.10. The van der Waals surface area contributed by atoms with Gasteiger partial charge in [-0.25, -0.2) is 14.3 Å². The Morgan fingerprint density at radius 1 is 0.886 bits per heavy atom. The maximum Gasteiger partial charge on any atom is 0.335 e. The minimum absolute atomic E-state index is 0.105. The normalized spacial score (nSPS) is 14.7. The second-order valence-electron chi connectivity index (χ2n) is 7.68. The maximum atomic E-state index is 12.9. The van der Waals surface area contributed by atoms with Crippen LogP contribution in [-0.4, -0.2) is 48.7 Å². The van der Waals surface area contributed by atoms with Crippen LogP contribution in [0.3, 0.4) is 0 Å². The number of carbonyl (C=O) groups is 3. The smallest absolute Gasteiger partial charge is 0.335 e. The minimum Gasteiger partial charge on any atom is -0.493 e. The molecule has 3 aromatic rings. The van der Waals surface area contributed by atoms with E-state index in [1.165, 1.54) is 46.1 Å². The molecule has 2 aromatic carbocycles. The molecule has 0 spiro atoms. The van der Waals surface area contributed by atoms with Crippen molar-refractivity contribution < 1.29 is 29.7 Å². The highest BCUT2D eigenvalue weighted by Gasteiger charge is 2.28. The van der Waals surface area contributed by atoms with Crippen LogP contribution in [0.2, 0.25) is 0 Å². The summed E-state index contributed by atoms with van der Waals surface area (Å²) in [6.07, 6.45) is 4.78. The molecule has 10 nitrogen and oxygen atoms in total. The van der Waals surface area contributed by atoms with Crippen LogP contribution in [0, 0.1) is 6.92 Å². The molecule has 0 bridgehead atoms. The van der Waals surface area contributed by atoms with E-state index in [1.807, 2.05) is 0 Å². The average Bonchev–Trinajstić information content (AvgIpc) is 3.28. The van der Waals surface area contributed by atoms with E-state index in [9.17, 15) is 19.5 Å². The number of anilines is 1. The standard InChI is InChI=1S/C25H20N4O6/c1-14-20(22(30)28(26-14)18-10-6-16(7-11-18)24(32)33)4-3-5-21-15(2)27-29(23(21)31)19-12-8-17(9-13-19)25(34)35/h3-13,30H,1-2H3,(H,32,33)(H,34,35)/b4-3?,21-5-. The largest absolute Gasteiger partial charge is 0.493 e. The third-order valence-electron chi connectivity index (χ3n) is 5.39. The van der Waals surface area contributed by atoms with Crippen molar-refractivity contribution in [3.8, 4) is 11.6 Å². The Bertz CT molecular complexity index is 1430. The van der Waals surface area contributed by atoms with E-state index in [1.54, 1.807) is 44.2 Å². The number of hydrogen-bond acceptors (Lipinski definition) is 6. The highest BCUT2D eigenvalue weighted by atomic mass is 16.4. The van der Waals surface area contributed by atoms with Crippen LogP contribution in [0.5, 0.6) is 5.88 Å². The van der Waals surface area contributed by atoms with Crippen molar-refractivity contribution in [1.29, 1.82) is 0 Å². The van der Waals surface area contributed by atoms with E-state index in [0.717, 1.165) is 0 Å². The first-order chi connectivity index (χ1) is 16.7. The number of aromatic nitrogens is 2. The van der Waals surface area contributed by atoms with E-state index in [2.05, 4.69) is 10.2 Å². The summed E-state index contributed by atoms with van der Waals surface area (Å²) < 4.78 is 1.30. The fraction of sp³-hybridized carbons (Fsp3) is 0.0800. The molecular formula is C25H20N4O6. The van der Waals surface area contributed by atoms with Crippen molar-refractivity contribution in [1.82, 2.24) is 9.78 Å². The molecule has 1 amide bonds. The van der Waals surface area contributed by atoms with Gasteiger partial charge in [-0.05, 0) is 74.5 Å². The van der Waals surface area contributed by atoms with Crippen LogP contribution in [-0.2, 0) is 4.79 Å². The lowest BCUT2D eigenvalue weighted by Gasteiger charge is -2.11. The predicted molar refractivity (Wildman–Crippen MR) is 128 cm³/mol. The average molecular weight is 472 g/mol. The summed E-state index contributed by atoms with van der Waals surface area (Å²) in [5.41, 5.74) is 2.95. The molecule has 0 fully saturated rings.